The molecular formula is C14H12BrClN2O2. The molecule has 0 bridgehead atoms. The normalized spacial score (nSPS) is 10.2. The lowest BCUT2D eigenvalue weighted by atomic mass is 10.3. The highest BCUT2D eigenvalue weighted by Gasteiger charge is 2.07. The summed E-state index contributed by atoms with van der Waals surface area (Å²) in [5, 5.41) is 3.09. The van der Waals surface area contributed by atoms with Crippen LogP contribution < -0.4 is 10.1 Å². The fraction of sp³-hybridized carbons (Fsp3) is 0.143. The zero-order valence-corrected chi connectivity index (χ0v) is 13.0. The van der Waals surface area contributed by atoms with E-state index in [9.17, 15) is 4.79 Å². The molecule has 0 aliphatic carbocycles. The molecule has 0 saturated heterocycles. The molecule has 1 heterocycles. The molecule has 0 aliphatic heterocycles. The van der Waals surface area contributed by atoms with E-state index in [1.807, 2.05) is 13.0 Å². The summed E-state index contributed by atoms with van der Waals surface area (Å²) in [6, 6.07) is 8.80. The van der Waals surface area contributed by atoms with Gasteiger partial charge in [0.25, 0.3) is 5.91 Å². The van der Waals surface area contributed by atoms with Crippen LogP contribution >= 0.6 is 27.5 Å². The number of hydrogen-bond donors (Lipinski definition) is 1. The number of pyridine rings is 1. The van der Waals surface area contributed by atoms with Crippen molar-refractivity contribution in [2.45, 2.75) is 6.92 Å². The molecule has 1 N–H and O–H groups in total. The number of carbonyl (C=O) groups excluding carboxylic acids is 1. The Bertz CT molecular complexity index is 617. The minimum atomic E-state index is -0.291. The molecule has 1 aromatic heterocycles. The van der Waals surface area contributed by atoms with Crippen LogP contribution in [-0.2, 0) is 4.79 Å². The minimum absolute atomic E-state index is 0.128. The second kappa shape index (κ2) is 6.72. The van der Waals surface area contributed by atoms with Crippen molar-refractivity contribution >= 4 is 39.3 Å². The second-order valence-corrected chi connectivity index (χ2v) is 5.46. The Kier molecular flexibility index (Phi) is 4.98. The van der Waals surface area contributed by atoms with Crippen molar-refractivity contribution in [2.24, 2.45) is 0 Å². The van der Waals surface area contributed by atoms with E-state index in [2.05, 4.69) is 26.2 Å². The molecule has 0 unspecified atom stereocenters. The first-order valence-corrected chi connectivity index (χ1v) is 7.02. The lowest BCUT2D eigenvalue weighted by Gasteiger charge is -2.08. The minimum Gasteiger partial charge on any atom is -0.482 e. The van der Waals surface area contributed by atoms with E-state index < -0.39 is 0 Å². The van der Waals surface area contributed by atoms with Gasteiger partial charge in [-0.05, 0) is 36.8 Å². The Morgan fingerprint density at radius 2 is 2.20 bits per heavy atom. The van der Waals surface area contributed by atoms with Crippen molar-refractivity contribution < 1.29 is 9.53 Å². The SMILES string of the molecule is Cc1ccc(NC(=O)COc2ccc(Br)cc2Cl)nc1. The lowest BCUT2D eigenvalue weighted by molar-refractivity contribution is -0.118. The fourth-order valence-corrected chi connectivity index (χ4v) is 2.18. The van der Waals surface area contributed by atoms with Crippen molar-refractivity contribution in [3.63, 3.8) is 0 Å². The summed E-state index contributed by atoms with van der Waals surface area (Å²) < 4.78 is 6.21. The van der Waals surface area contributed by atoms with Crippen LogP contribution in [0.2, 0.25) is 5.02 Å². The fourth-order valence-electron chi connectivity index (χ4n) is 1.46. The molecule has 20 heavy (non-hydrogen) atoms. The van der Waals surface area contributed by atoms with Crippen LogP contribution in [0, 0.1) is 6.92 Å². The highest BCUT2D eigenvalue weighted by molar-refractivity contribution is 9.10. The van der Waals surface area contributed by atoms with Crippen LogP contribution in [0.3, 0.4) is 0 Å². The lowest BCUT2D eigenvalue weighted by Crippen LogP contribution is -2.20. The summed E-state index contributed by atoms with van der Waals surface area (Å²) in [5.74, 6) is 0.660. The monoisotopic (exact) mass is 354 g/mol. The number of benzene rings is 1. The number of ether oxygens (including phenoxy) is 1. The van der Waals surface area contributed by atoms with Crippen LogP contribution in [0.4, 0.5) is 5.82 Å². The van der Waals surface area contributed by atoms with E-state index in [-0.39, 0.29) is 12.5 Å². The average Bonchev–Trinajstić information content (AvgIpc) is 2.40. The molecule has 2 aromatic rings. The maximum atomic E-state index is 11.7. The van der Waals surface area contributed by atoms with Crippen LogP contribution in [-0.4, -0.2) is 17.5 Å². The van der Waals surface area contributed by atoms with E-state index >= 15 is 0 Å². The Balaban J connectivity index is 1.90. The van der Waals surface area contributed by atoms with Crippen LogP contribution in [0.5, 0.6) is 5.75 Å². The number of hydrogen-bond acceptors (Lipinski definition) is 3. The maximum absolute atomic E-state index is 11.7. The van der Waals surface area contributed by atoms with Gasteiger partial charge in [-0.15, -0.1) is 0 Å². The molecule has 6 heteroatoms. The molecule has 0 radical (unpaired) electrons. The summed E-state index contributed by atoms with van der Waals surface area (Å²) in [7, 11) is 0. The molecule has 1 amide bonds. The summed E-state index contributed by atoms with van der Waals surface area (Å²) in [6.45, 7) is 1.80. The predicted octanol–water partition coefficient (Wildman–Crippen LogP) is 3.82. The van der Waals surface area contributed by atoms with Gasteiger partial charge >= 0.3 is 0 Å². The van der Waals surface area contributed by atoms with Gasteiger partial charge in [0.2, 0.25) is 0 Å². The predicted molar refractivity (Wildman–Crippen MR) is 82.3 cm³/mol. The summed E-state index contributed by atoms with van der Waals surface area (Å²) in [5.41, 5.74) is 1.03. The molecule has 0 aliphatic rings. The van der Waals surface area contributed by atoms with E-state index in [0.29, 0.717) is 16.6 Å². The zero-order valence-electron chi connectivity index (χ0n) is 10.7. The first-order valence-electron chi connectivity index (χ1n) is 5.85. The van der Waals surface area contributed by atoms with E-state index in [0.717, 1.165) is 10.0 Å². The highest BCUT2D eigenvalue weighted by Crippen LogP contribution is 2.27. The molecule has 1 aromatic carbocycles. The molecule has 4 nitrogen and oxygen atoms in total. The zero-order chi connectivity index (χ0) is 14.5. The molecular weight excluding hydrogens is 344 g/mol. The van der Waals surface area contributed by atoms with Gasteiger partial charge in [-0.3, -0.25) is 4.79 Å². The van der Waals surface area contributed by atoms with E-state index in [1.54, 1.807) is 30.5 Å². The van der Waals surface area contributed by atoms with E-state index in [4.69, 9.17) is 16.3 Å². The van der Waals surface area contributed by atoms with Gasteiger partial charge < -0.3 is 10.1 Å². The molecule has 104 valence electrons. The average molecular weight is 356 g/mol. The van der Waals surface area contributed by atoms with Gasteiger partial charge in [0.05, 0.1) is 5.02 Å². The van der Waals surface area contributed by atoms with Crippen LogP contribution in [0.25, 0.3) is 0 Å². The van der Waals surface area contributed by atoms with Gasteiger partial charge in [0, 0.05) is 10.7 Å². The van der Waals surface area contributed by atoms with Gasteiger partial charge in [0.15, 0.2) is 6.61 Å². The second-order valence-electron chi connectivity index (χ2n) is 4.13. The first-order chi connectivity index (χ1) is 9.54. The maximum Gasteiger partial charge on any atom is 0.263 e. The van der Waals surface area contributed by atoms with Crippen LogP contribution in [0.15, 0.2) is 41.0 Å². The Morgan fingerprint density at radius 3 is 2.85 bits per heavy atom. The topological polar surface area (TPSA) is 51.2 Å². The van der Waals surface area contributed by atoms with Crippen molar-refractivity contribution in [2.75, 3.05) is 11.9 Å². The highest BCUT2D eigenvalue weighted by atomic mass is 79.9. The number of carbonyl (C=O) groups is 1. The summed E-state index contributed by atoms with van der Waals surface area (Å²) >= 11 is 9.29. The number of aromatic nitrogens is 1. The smallest absolute Gasteiger partial charge is 0.263 e. The van der Waals surface area contributed by atoms with Gasteiger partial charge in [0.1, 0.15) is 11.6 Å². The third-order valence-corrected chi connectivity index (χ3v) is 3.22. The Labute approximate surface area is 130 Å². The number of rotatable bonds is 4. The molecule has 0 saturated carbocycles. The number of amides is 1. The number of halogens is 2. The molecule has 0 fully saturated rings. The van der Waals surface area contributed by atoms with Crippen molar-refractivity contribution in [3.8, 4) is 5.75 Å². The largest absolute Gasteiger partial charge is 0.482 e. The quantitative estimate of drug-likeness (QED) is 0.907. The van der Waals surface area contributed by atoms with Gasteiger partial charge in [-0.2, -0.15) is 0 Å². The number of aryl methyl sites for hydroxylation is 1. The number of nitrogens with one attached hydrogen (secondary N) is 1. The third kappa shape index (κ3) is 4.21. The van der Waals surface area contributed by atoms with Crippen molar-refractivity contribution in [1.82, 2.24) is 4.98 Å². The Hall–Kier alpha value is -1.59. The number of nitrogens with zero attached hydrogens (tertiary/aromatic N) is 1. The third-order valence-electron chi connectivity index (χ3n) is 2.43. The number of anilines is 1. The van der Waals surface area contributed by atoms with Gasteiger partial charge in [-0.25, -0.2) is 4.98 Å². The standard InChI is InChI=1S/C14H12BrClN2O2/c1-9-2-5-13(17-7-9)18-14(19)8-20-12-4-3-10(15)6-11(12)16/h2-7H,8H2,1H3,(H,17,18,19). The van der Waals surface area contributed by atoms with Crippen molar-refractivity contribution in [3.05, 3.63) is 51.6 Å². The van der Waals surface area contributed by atoms with Crippen molar-refractivity contribution in [1.29, 1.82) is 0 Å². The summed E-state index contributed by atoms with van der Waals surface area (Å²) in [4.78, 5) is 15.8. The summed E-state index contributed by atoms with van der Waals surface area (Å²) in [6.07, 6.45) is 1.68. The Morgan fingerprint density at radius 1 is 1.40 bits per heavy atom. The molecule has 0 spiro atoms. The molecule has 2 rings (SSSR count). The molecule has 0 atom stereocenters. The van der Waals surface area contributed by atoms with Gasteiger partial charge in [-0.1, -0.05) is 33.6 Å². The first kappa shape index (κ1) is 14.8. The van der Waals surface area contributed by atoms with E-state index in [1.165, 1.54) is 0 Å². The van der Waals surface area contributed by atoms with Crippen LogP contribution in [0.1, 0.15) is 5.56 Å².